The highest BCUT2D eigenvalue weighted by Gasteiger charge is 2.78. The van der Waals surface area contributed by atoms with Crippen LogP contribution in [-0.2, 0) is 38.2 Å². The predicted octanol–water partition coefficient (Wildman–Crippen LogP) is 5.98. The lowest BCUT2D eigenvalue weighted by Crippen LogP contribution is -2.69. The predicted molar refractivity (Wildman–Crippen MR) is 233 cm³/mol. The summed E-state index contributed by atoms with van der Waals surface area (Å²) >= 11 is 7.48. The number of esters is 2. The number of ether oxygens (including phenoxy) is 2. The Morgan fingerprint density at radius 2 is 1.27 bits per heavy atom. The molecule has 0 aromatic carbocycles. The van der Waals surface area contributed by atoms with Crippen LogP contribution in [0.3, 0.4) is 0 Å². The van der Waals surface area contributed by atoms with Crippen molar-refractivity contribution in [3.05, 3.63) is 47.6 Å². The van der Waals surface area contributed by atoms with Crippen molar-refractivity contribution in [2.75, 3.05) is 13.2 Å². The molecule has 0 saturated heterocycles. The molecule has 8 rings (SSSR count). The Balaban J connectivity index is 0.000000197. The van der Waals surface area contributed by atoms with Crippen molar-refractivity contribution in [2.45, 2.75) is 154 Å². The van der Waals surface area contributed by atoms with Crippen LogP contribution in [-0.4, -0.2) is 103 Å². The van der Waals surface area contributed by atoms with Crippen LogP contribution < -0.4 is 0 Å². The molecule has 6 saturated carbocycles. The van der Waals surface area contributed by atoms with E-state index in [0.29, 0.717) is 44.1 Å². The molecule has 14 heteroatoms. The number of hydrogen-bond acceptors (Lipinski definition) is 12. The smallest absolute Gasteiger partial charge is 0.306 e. The molecule has 12 nitrogen and oxygen atoms in total. The molecule has 0 aromatic heterocycles. The molecule has 0 amide bonds. The summed E-state index contributed by atoms with van der Waals surface area (Å²) in [5, 5.41) is 43.7. The van der Waals surface area contributed by atoms with E-state index in [0.717, 1.165) is 5.57 Å². The number of alkyl halides is 2. The van der Waals surface area contributed by atoms with Crippen LogP contribution in [0.4, 0.5) is 4.39 Å². The highest BCUT2D eigenvalue weighted by molar-refractivity contribution is 6.26. The lowest BCUT2D eigenvalue weighted by molar-refractivity contribution is -0.219. The zero-order valence-corrected chi connectivity index (χ0v) is 39.1. The molecule has 64 heavy (non-hydrogen) atoms. The first-order valence-electron chi connectivity index (χ1n) is 23.2. The Bertz CT molecular complexity index is 2150. The van der Waals surface area contributed by atoms with E-state index in [-0.39, 0.29) is 60.9 Å². The zero-order chi connectivity index (χ0) is 47.4. The number of fused-ring (bicyclic) bond motifs is 10. The zero-order valence-electron chi connectivity index (χ0n) is 38.4. The topological polar surface area (TPSA) is 202 Å². The monoisotopic (exact) mass is 912 g/mol. The second-order valence-electron chi connectivity index (χ2n) is 21.2. The van der Waals surface area contributed by atoms with Crippen molar-refractivity contribution in [3.8, 4) is 0 Å². The van der Waals surface area contributed by atoms with E-state index in [1.165, 1.54) is 18.2 Å². The summed E-state index contributed by atoms with van der Waals surface area (Å²) in [6.07, 6.45) is 10.6. The van der Waals surface area contributed by atoms with Crippen LogP contribution in [0.1, 0.15) is 120 Å². The maximum absolute atomic E-state index is 16.9. The molecule has 6 fully saturated rings. The van der Waals surface area contributed by atoms with Gasteiger partial charge in [0.25, 0.3) is 0 Å². The summed E-state index contributed by atoms with van der Waals surface area (Å²) in [6.45, 7) is 13.1. The molecule has 0 bridgehead atoms. The number of aliphatic hydroxyl groups is 4. The molecular weight excluding hydrogens is 847 g/mol. The van der Waals surface area contributed by atoms with E-state index in [4.69, 9.17) is 21.1 Å². The van der Waals surface area contributed by atoms with E-state index in [9.17, 15) is 49.2 Å². The van der Waals surface area contributed by atoms with Crippen molar-refractivity contribution in [1.29, 1.82) is 0 Å². The molecule has 0 aromatic rings. The minimum absolute atomic E-state index is 0.0676. The highest BCUT2D eigenvalue weighted by Crippen LogP contribution is 2.73. The molecule has 0 aliphatic heterocycles. The fourth-order valence-electron chi connectivity index (χ4n) is 15.3. The largest absolute Gasteiger partial charge is 0.457 e. The summed E-state index contributed by atoms with van der Waals surface area (Å²) < 4.78 is 28.1. The number of ketones is 4. The standard InChI is InChI=1S/C28H37ClO7.C22H29FO5/c1-6-23(33)35-15-22(32)28(36-24(34)7-2)16(3)12-20-19-9-8-17-13-18(30)10-11-25(17,4)27(19,29)21(31)14-26(20,28)5;1-12-8-16-15-5-4-13-9-14(25)6-7-19(13,2)21(15,23)17(26)10-20(16,3)22(12,28)18(27)11-24/h10-11,13,16,19-21,31H,6-9,12,14-15H2,1-5H3;6-7,9,12,15-17,24,26,28H,4-5,8,10-11H2,1-3H3/t16-,19-,20-,21-,25-,26-,27-,28-;12-,15-,16-,17-,19-,20-,21-,22-/m00/s1. The van der Waals surface area contributed by atoms with Gasteiger partial charge in [0.1, 0.15) is 12.2 Å². The molecule has 0 unspecified atom stereocenters. The molecule has 8 aliphatic carbocycles. The number of hydrogen-bond donors (Lipinski definition) is 4. The van der Waals surface area contributed by atoms with Crippen molar-refractivity contribution in [1.82, 2.24) is 0 Å². The van der Waals surface area contributed by atoms with Gasteiger partial charge in [-0.2, -0.15) is 0 Å². The molecule has 0 radical (unpaired) electrons. The van der Waals surface area contributed by atoms with Crippen LogP contribution in [0.2, 0.25) is 0 Å². The Labute approximate surface area is 380 Å². The van der Waals surface area contributed by atoms with Crippen LogP contribution in [0.25, 0.3) is 0 Å². The first-order chi connectivity index (χ1) is 29.8. The van der Waals surface area contributed by atoms with Crippen LogP contribution in [0, 0.1) is 57.2 Å². The first kappa shape index (κ1) is 48.6. The number of allylic oxidation sites excluding steroid dienone is 8. The fraction of sp³-hybridized carbons (Fsp3) is 0.720. The van der Waals surface area contributed by atoms with E-state index in [1.54, 1.807) is 46.8 Å². The van der Waals surface area contributed by atoms with Gasteiger partial charge in [0.05, 0.1) is 17.1 Å². The fourth-order valence-corrected chi connectivity index (χ4v) is 15.8. The van der Waals surface area contributed by atoms with E-state index >= 15 is 4.39 Å². The van der Waals surface area contributed by atoms with Crippen molar-refractivity contribution < 1.29 is 63.1 Å². The van der Waals surface area contributed by atoms with Gasteiger partial charge in [-0.05, 0) is 106 Å². The number of Topliss-reactive ketones (excluding diaryl/α,β-unsaturated/α-hetero) is 2. The number of carbonyl (C=O) groups excluding carboxylic acids is 6. The molecule has 4 N–H and O–H groups in total. The first-order valence-corrected chi connectivity index (χ1v) is 23.6. The lowest BCUT2D eigenvalue weighted by atomic mass is 9.44. The van der Waals surface area contributed by atoms with Gasteiger partial charge in [-0.1, -0.05) is 71.8 Å². The molecule has 0 heterocycles. The average Bonchev–Trinajstić information content (AvgIpc) is 3.59. The third-order valence-corrected chi connectivity index (χ3v) is 19.5. The second-order valence-corrected chi connectivity index (χ2v) is 21.8. The Kier molecular flexibility index (Phi) is 12.3. The molecule has 0 spiro atoms. The van der Waals surface area contributed by atoms with Crippen molar-refractivity contribution >= 4 is 46.7 Å². The quantitative estimate of drug-likeness (QED) is 0.164. The Hall–Kier alpha value is -3.36. The van der Waals surface area contributed by atoms with Gasteiger partial charge >= 0.3 is 11.9 Å². The van der Waals surface area contributed by atoms with Gasteiger partial charge in [-0.25, -0.2) is 4.39 Å². The Morgan fingerprint density at radius 1 is 0.750 bits per heavy atom. The third-order valence-electron chi connectivity index (χ3n) is 18.6. The number of rotatable bonds is 8. The minimum atomic E-state index is -1.98. The van der Waals surface area contributed by atoms with Crippen molar-refractivity contribution in [2.24, 2.45) is 57.2 Å². The maximum atomic E-state index is 16.9. The molecule has 352 valence electrons. The lowest BCUT2D eigenvalue weighted by Gasteiger charge is -2.64. The highest BCUT2D eigenvalue weighted by atomic mass is 35.5. The van der Waals surface area contributed by atoms with Gasteiger partial charge < -0.3 is 29.9 Å². The van der Waals surface area contributed by atoms with E-state index in [2.05, 4.69) is 0 Å². The number of halogens is 2. The number of carbonyl (C=O) groups is 6. The van der Waals surface area contributed by atoms with Crippen molar-refractivity contribution in [3.63, 3.8) is 0 Å². The van der Waals surface area contributed by atoms with Crippen LogP contribution in [0.5, 0.6) is 0 Å². The normalized spacial score (nSPS) is 47.2. The summed E-state index contributed by atoms with van der Waals surface area (Å²) in [6, 6.07) is 0. The second kappa shape index (κ2) is 16.2. The van der Waals surface area contributed by atoms with Gasteiger partial charge in [-0.15, -0.1) is 11.6 Å². The molecule has 16 atom stereocenters. The summed E-state index contributed by atoms with van der Waals surface area (Å²) in [7, 11) is 0. The van der Waals surface area contributed by atoms with Crippen LogP contribution >= 0.6 is 11.6 Å². The summed E-state index contributed by atoms with van der Waals surface area (Å²) in [4.78, 5) is 73.8. The van der Waals surface area contributed by atoms with Gasteiger partial charge in [0.2, 0.25) is 5.78 Å². The van der Waals surface area contributed by atoms with Gasteiger partial charge in [-0.3, -0.25) is 28.8 Å². The van der Waals surface area contributed by atoms with E-state index in [1.807, 2.05) is 26.8 Å². The van der Waals surface area contributed by atoms with Crippen LogP contribution in [0.15, 0.2) is 47.6 Å². The number of aliphatic hydroxyl groups excluding tert-OH is 3. The van der Waals surface area contributed by atoms with Gasteiger partial charge in [0.15, 0.2) is 35.2 Å². The summed E-state index contributed by atoms with van der Waals surface area (Å²) in [5.74, 6) is -4.36. The minimum Gasteiger partial charge on any atom is -0.457 e. The molecular formula is C50H66ClFO12. The Morgan fingerprint density at radius 3 is 1.84 bits per heavy atom. The molecule has 8 aliphatic rings. The van der Waals surface area contributed by atoms with E-state index < -0.39 is 104 Å². The maximum Gasteiger partial charge on any atom is 0.306 e. The third kappa shape index (κ3) is 6.24. The SMILES string of the molecule is CCC(=O)OCC(=O)[C@@]1(OC(=O)CC)[C@@H](C)C[C@H]2[C@@H]3CCC4=CC(=O)C=C[C@]4(C)[C@@]3(Cl)[C@@H](O)C[C@@]21C.C[C@H]1C[C@H]2[C@@H]3CCC4=CC(=O)C=C[C@]4(C)[C@@]3(F)[C@@H](O)C[C@]2(C)[C@@]1(O)C(=O)CO. The average molecular weight is 914 g/mol. The van der Waals surface area contributed by atoms with Gasteiger partial charge in [0, 0.05) is 46.3 Å². The summed E-state index contributed by atoms with van der Waals surface area (Å²) in [5.41, 5.74) is -7.44.